The van der Waals surface area contributed by atoms with Crippen LogP contribution in [-0.2, 0) is 4.79 Å². The third-order valence-corrected chi connectivity index (χ3v) is 6.77. The standard InChI is InChI=1S/C17H23NO3S2/c1-21-14-8-6-13(7-9-14)16(19)12-18-17(20)5-3-2-4-15-10-11-22-23-15/h6-9,15H,2-5,10-12H2,1H3,(H,18,20)/t15-/m1/s1. The fourth-order valence-corrected chi connectivity index (χ4v) is 5.40. The molecule has 0 aliphatic carbocycles. The van der Waals surface area contributed by atoms with Crippen molar-refractivity contribution in [3.63, 3.8) is 0 Å². The van der Waals surface area contributed by atoms with Gasteiger partial charge in [-0.15, -0.1) is 0 Å². The lowest BCUT2D eigenvalue weighted by Crippen LogP contribution is -2.29. The number of methoxy groups -OCH3 is 1. The molecular formula is C17H23NO3S2. The highest BCUT2D eigenvalue weighted by Gasteiger charge is 2.16. The van der Waals surface area contributed by atoms with Crippen molar-refractivity contribution in [3.05, 3.63) is 29.8 Å². The Bertz CT molecular complexity index is 513. The van der Waals surface area contributed by atoms with Gasteiger partial charge >= 0.3 is 0 Å². The molecule has 0 spiro atoms. The normalized spacial score (nSPS) is 17.0. The summed E-state index contributed by atoms with van der Waals surface area (Å²) in [6, 6.07) is 6.91. The first-order valence-corrected chi connectivity index (χ1v) is 10.3. The zero-order valence-electron chi connectivity index (χ0n) is 13.4. The molecule has 1 heterocycles. The summed E-state index contributed by atoms with van der Waals surface area (Å²) in [5, 5.41) is 3.47. The molecule has 1 aliphatic heterocycles. The number of carbonyl (C=O) groups is 2. The van der Waals surface area contributed by atoms with E-state index in [4.69, 9.17) is 4.74 Å². The molecule has 1 aliphatic rings. The van der Waals surface area contributed by atoms with Gasteiger partial charge in [0.05, 0.1) is 13.7 Å². The maximum atomic E-state index is 12.0. The van der Waals surface area contributed by atoms with Gasteiger partial charge in [-0.3, -0.25) is 9.59 Å². The third-order valence-electron chi connectivity index (χ3n) is 3.77. The summed E-state index contributed by atoms with van der Waals surface area (Å²) in [6.07, 6.45) is 4.95. The zero-order chi connectivity index (χ0) is 16.5. The number of nitrogens with one attached hydrogen (secondary N) is 1. The number of rotatable bonds is 9. The summed E-state index contributed by atoms with van der Waals surface area (Å²) < 4.78 is 5.05. The summed E-state index contributed by atoms with van der Waals surface area (Å²) in [7, 11) is 5.51. The van der Waals surface area contributed by atoms with E-state index in [0.717, 1.165) is 18.1 Å². The van der Waals surface area contributed by atoms with Gasteiger partial charge in [0, 0.05) is 23.0 Å². The van der Waals surface area contributed by atoms with Gasteiger partial charge in [0.2, 0.25) is 5.91 Å². The molecule has 0 saturated carbocycles. The molecule has 1 aromatic rings. The molecule has 1 atom stereocenters. The Kier molecular flexibility index (Phi) is 7.82. The fraction of sp³-hybridized carbons (Fsp3) is 0.529. The molecule has 4 nitrogen and oxygen atoms in total. The Morgan fingerprint density at radius 1 is 1.26 bits per heavy atom. The first-order valence-electron chi connectivity index (χ1n) is 7.91. The molecule has 0 aromatic heterocycles. The van der Waals surface area contributed by atoms with Crippen LogP contribution in [0.3, 0.4) is 0 Å². The lowest BCUT2D eigenvalue weighted by Gasteiger charge is -2.07. The van der Waals surface area contributed by atoms with Crippen LogP contribution in [0, 0.1) is 0 Å². The topological polar surface area (TPSA) is 55.4 Å². The minimum absolute atomic E-state index is 0.0414. The monoisotopic (exact) mass is 353 g/mol. The fourth-order valence-electron chi connectivity index (χ4n) is 2.37. The van der Waals surface area contributed by atoms with E-state index in [9.17, 15) is 9.59 Å². The van der Waals surface area contributed by atoms with E-state index in [1.807, 2.05) is 21.6 Å². The van der Waals surface area contributed by atoms with E-state index in [1.165, 1.54) is 18.6 Å². The number of benzene rings is 1. The molecule has 0 radical (unpaired) electrons. The van der Waals surface area contributed by atoms with E-state index in [-0.39, 0.29) is 18.2 Å². The smallest absolute Gasteiger partial charge is 0.220 e. The average Bonchev–Trinajstić information content (AvgIpc) is 3.10. The minimum Gasteiger partial charge on any atom is -0.497 e. The Balaban J connectivity index is 1.60. The lowest BCUT2D eigenvalue weighted by molar-refractivity contribution is -0.121. The second-order valence-electron chi connectivity index (χ2n) is 5.50. The minimum atomic E-state index is -0.0830. The molecule has 0 unspecified atom stereocenters. The molecule has 1 amide bonds. The number of unbranched alkanes of at least 4 members (excludes halogenated alkanes) is 1. The Morgan fingerprint density at radius 2 is 2.04 bits per heavy atom. The van der Waals surface area contributed by atoms with Crippen LogP contribution in [0.15, 0.2) is 24.3 Å². The van der Waals surface area contributed by atoms with Gasteiger partial charge in [-0.2, -0.15) is 0 Å². The van der Waals surface area contributed by atoms with E-state index >= 15 is 0 Å². The highest BCUT2D eigenvalue weighted by atomic mass is 33.1. The summed E-state index contributed by atoms with van der Waals surface area (Å²) in [6.45, 7) is 0.0558. The number of hydrogen-bond acceptors (Lipinski definition) is 5. The first kappa shape index (κ1) is 18.2. The first-order chi connectivity index (χ1) is 11.2. The second kappa shape index (κ2) is 9.88. The van der Waals surface area contributed by atoms with Crippen LogP contribution in [-0.4, -0.2) is 36.3 Å². The molecule has 23 heavy (non-hydrogen) atoms. The Labute approximate surface area is 145 Å². The van der Waals surface area contributed by atoms with Gasteiger partial charge < -0.3 is 10.1 Å². The van der Waals surface area contributed by atoms with Crippen LogP contribution in [0.4, 0.5) is 0 Å². The number of hydrogen-bond donors (Lipinski definition) is 1. The van der Waals surface area contributed by atoms with Crippen LogP contribution in [0.1, 0.15) is 42.5 Å². The predicted octanol–water partition coefficient (Wildman–Crippen LogP) is 3.71. The summed E-state index contributed by atoms with van der Waals surface area (Å²) in [5.41, 5.74) is 0.585. The van der Waals surface area contributed by atoms with Crippen LogP contribution in [0.5, 0.6) is 5.75 Å². The van der Waals surface area contributed by atoms with Crippen molar-refractivity contribution in [2.24, 2.45) is 0 Å². The van der Waals surface area contributed by atoms with Crippen molar-refractivity contribution in [2.75, 3.05) is 19.4 Å². The quantitative estimate of drug-likeness (QED) is 0.417. The van der Waals surface area contributed by atoms with Crippen molar-refractivity contribution in [2.45, 2.75) is 37.4 Å². The highest BCUT2D eigenvalue weighted by Crippen LogP contribution is 2.39. The SMILES string of the molecule is COc1ccc(C(=O)CNC(=O)CCCC[C@@H]2CCSS2)cc1. The largest absolute Gasteiger partial charge is 0.497 e. The molecule has 2 rings (SSSR count). The summed E-state index contributed by atoms with van der Waals surface area (Å²) >= 11 is 0. The van der Waals surface area contributed by atoms with Crippen LogP contribution >= 0.6 is 21.6 Å². The van der Waals surface area contributed by atoms with Crippen LogP contribution < -0.4 is 10.1 Å². The molecule has 6 heteroatoms. The van der Waals surface area contributed by atoms with Gasteiger partial charge in [0.1, 0.15) is 5.75 Å². The number of ketones is 1. The van der Waals surface area contributed by atoms with E-state index in [2.05, 4.69) is 5.32 Å². The van der Waals surface area contributed by atoms with Crippen molar-refractivity contribution in [3.8, 4) is 5.75 Å². The summed E-state index contributed by atoms with van der Waals surface area (Å²) in [4.78, 5) is 23.8. The predicted molar refractivity (Wildman–Crippen MR) is 97.3 cm³/mol. The second-order valence-corrected chi connectivity index (χ2v) is 8.29. The van der Waals surface area contributed by atoms with E-state index in [1.54, 1.807) is 31.4 Å². The summed E-state index contributed by atoms with van der Waals surface area (Å²) in [5.74, 6) is 1.84. The third kappa shape index (κ3) is 6.47. The molecular weight excluding hydrogens is 330 g/mol. The number of Topliss-reactive ketones (excluding diaryl/α,β-unsaturated/α-hetero) is 1. The van der Waals surface area contributed by atoms with Gasteiger partial charge in [-0.1, -0.05) is 28.0 Å². The van der Waals surface area contributed by atoms with Crippen LogP contribution in [0.2, 0.25) is 0 Å². The van der Waals surface area contributed by atoms with Crippen LogP contribution in [0.25, 0.3) is 0 Å². The van der Waals surface area contributed by atoms with Gasteiger partial charge in [0.15, 0.2) is 5.78 Å². The number of ether oxygens (including phenoxy) is 1. The van der Waals surface area contributed by atoms with E-state index in [0.29, 0.717) is 17.7 Å². The molecule has 0 bridgehead atoms. The maximum absolute atomic E-state index is 12.0. The molecule has 1 aromatic carbocycles. The van der Waals surface area contributed by atoms with Crippen molar-refractivity contribution < 1.29 is 14.3 Å². The Hall–Kier alpha value is -1.14. The number of amides is 1. The average molecular weight is 354 g/mol. The van der Waals surface area contributed by atoms with Gasteiger partial charge in [-0.25, -0.2) is 0 Å². The Morgan fingerprint density at radius 3 is 2.70 bits per heavy atom. The number of carbonyl (C=O) groups excluding carboxylic acids is 2. The van der Waals surface area contributed by atoms with Gasteiger partial charge in [0.25, 0.3) is 0 Å². The lowest BCUT2D eigenvalue weighted by atomic mass is 10.1. The van der Waals surface area contributed by atoms with Crippen molar-refractivity contribution in [1.82, 2.24) is 5.32 Å². The highest BCUT2D eigenvalue weighted by molar-refractivity contribution is 8.77. The molecule has 1 fully saturated rings. The molecule has 126 valence electrons. The van der Waals surface area contributed by atoms with Crippen molar-refractivity contribution >= 4 is 33.3 Å². The van der Waals surface area contributed by atoms with E-state index < -0.39 is 0 Å². The van der Waals surface area contributed by atoms with Gasteiger partial charge in [-0.05, 0) is 43.5 Å². The maximum Gasteiger partial charge on any atom is 0.220 e. The molecule has 1 N–H and O–H groups in total. The zero-order valence-corrected chi connectivity index (χ0v) is 15.0. The molecule has 1 saturated heterocycles. The van der Waals surface area contributed by atoms with Crippen molar-refractivity contribution in [1.29, 1.82) is 0 Å².